The SMILES string of the molecule is CCCCCCC1CCC(CCC(=O)OC[C@H](O)[C@H]2OC(=O)C(OCc3ccccc3)=C2OCc2ccccc2)CC1. The highest BCUT2D eigenvalue weighted by molar-refractivity contribution is 5.89. The molecule has 1 heterocycles. The molecule has 7 heteroatoms. The number of unbranched alkanes of at least 4 members (excludes halogenated alkanes) is 3. The summed E-state index contributed by atoms with van der Waals surface area (Å²) in [6.07, 6.45) is 10.2. The number of esters is 2. The van der Waals surface area contributed by atoms with Crippen molar-refractivity contribution in [2.45, 2.75) is 103 Å². The first-order chi connectivity index (χ1) is 20.5. The van der Waals surface area contributed by atoms with E-state index in [4.69, 9.17) is 18.9 Å². The van der Waals surface area contributed by atoms with Crippen molar-refractivity contribution in [1.82, 2.24) is 0 Å². The fourth-order valence-electron chi connectivity index (χ4n) is 5.78. The van der Waals surface area contributed by atoms with Crippen LogP contribution in [0.25, 0.3) is 0 Å². The average Bonchev–Trinajstić information content (AvgIpc) is 3.35. The van der Waals surface area contributed by atoms with Crippen LogP contribution in [0.4, 0.5) is 0 Å². The number of rotatable bonds is 17. The second-order valence-corrected chi connectivity index (χ2v) is 11.6. The van der Waals surface area contributed by atoms with Crippen molar-refractivity contribution in [1.29, 1.82) is 0 Å². The summed E-state index contributed by atoms with van der Waals surface area (Å²) < 4.78 is 22.7. The second kappa shape index (κ2) is 17.0. The van der Waals surface area contributed by atoms with Crippen LogP contribution in [0, 0.1) is 11.8 Å². The van der Waals surface area contributed by atoms with Crippen molar-refractivity contribution in [3.8, 4) is 0 Å². The van der Waals surface area contributed by atoms with Crippen LogP contribution < -0.4 is 0 Å². The average molecular weight is 579 g/mol. The summed E-state index contributed by atoms with van der Waals surface area (Å²) >= 11 is 0. The second-order valence-electron chi connectivity index (χ2n) is 11.6. The van der Waals surface area contributed by atoms with Crippen LogP contribution in [0.1, 0.15) is 88.7 Å². The Bertz CT molecular complexity index is 1120. The van der Waals surface area contributed by atoms with E-state index >= 15 is 0 Å². The van der Waals surface area contributed by atoms with Gasteiger partial charge in [-0.1, -0.05) is 125 Å². The number of ether oxygens (including phenoxy) is 4. The van der Waals surface area contributed by atoms with E-state index in [0.29, 0.717) is 12.3 Å². The van der Waals surface area contributed by atoms with Gasteiger partial charge in [0, 0.05) is 6.42 Å². The third-order valence-electron chi connectivity index (χ3n) is 8.32. The molecule has 2 aromatic carbocycles. The van der Waals surface area contributed by atoms with E-state index in [1.165, 1.54) is 57.8 Å². The lowest BCUT2D eigenvalue weighted by Crippen LogP contribution is -2.34. The number of carbonyl (C=O) groups excluding carboxylic acids is 2. The van der Waals surface area contributed by atoms with E-state index in [2.05, 4.69) is 6.92 Å². The Hall–Kier alpha value is -3.32. The van der Waals surface area contributed by atoms with Crippen molar-refractivity contribution < 1.29 is 33.6 Å². The minimum atomic E-state index is -1.29. The summed E-state index contributed by atoms with van der Waals surface area (Å²) in [5.74, 6) is 0.347. The van der Waals surface area contributed by atoms with Gasteiger partial charge >= 0.3 is 11.9 Å². The number of carbonyl (C=O) groups is 2. The molecule has 2 atom stereocenters. The number of aliphatic hydroxyl groups excluding tert-OH is 1. The van der Waals surface area contributed by atoms with Crippen molar-refractivity contribution >= 4 is 11.9 Å². The minimum Gasteiger partial charge on any atom is -0.485 e. The number of cyclic esters (lactones) is 1. The molecule has 0 radical (unpaired) electrons. The molecule has 1 aliphatic carbocycles. The van der Waals surface area contributed by atoms with E-state index in [1.54, 1.807) is 0 Å². The molecule has 2 aromatic rings. The van der Waals surface area contributed by atoms with Crippen LogP contribution >= 0.6 is 0 Å². The molecular formula is C35H46O7. The molecule has 0 spiro atoms. The van der Waals surface area contributed by atoms with Gasteiger partial charge in [-0.05, 0) is 29.4 Å². The first-order valence-electron chi connectivity index (χ1n) is 15.7. The topological polar surface area (TPSA) is 91.3 Å². The highest BCUT2D eigenvalue weighted by atomic mass is 16.6. The summed E-state index contributed by atoms with van der Waals surface area (Å²) in [7, 11) is 0. The predicted octanol–water partition coefficient (Wildman–Crippen LogP) is 7.02. The molecule has 1 N–H and O–H groups in total. The van der Waals surface area contributed by atoms with Gasteiger partial charge in [0.15, 0.2) is 11.9 Å². The first kappa shape index (κ1) is 31.6. The Morgan fingerprint density at radius 3 is 2.07 bits per heavy atom. The zero-order valence-electron chi connectivity index (χ0n) is 24.9. The number of hydrogen-bond acceptors (Lipinski definition) is 7. The summed E-state index contributed by atoms with van der Waals surface area (Å²) in [5.41, 5.74) is 1.76. The third-order valence-corrected chi connectivity index (χ3v) is 8.32. The molecule has 0 unspecified atom stereocenters. The molecule has 4 rings (SSSR count). The number of benzene rings is 2. The Kier molecular flexibility index (Phi) is 12.8. The molecule has 0 amide bonds. The fraction of sp³-hybridized carbons (Fsp3) is 0.543. The van der Waals surface area contributed by atoms with E-state index in [1.807, 2.05) is 60.7 Å². The van der Waals surface area contributed by atoms with E-state index in [-0.39, 0.29) is 37.3 Å². The highest BCUT2D eigenvalue weighted by Crippen LogP contribution is 2.34. The maximum atomic E-state index is 12.8. The lowest BCUT2D eigenvalue weighted by atomic mass is 9.78. The minimum absolute atomic E-state index is 0.0777. The maximum absolute atomic E-state index is 12.8. The molecule has 0 bridgehead atoms. The predicted molar refractivity (Wildman–Crippen MR) is 160 cm³/mol. The fourth-order valence-corrected chi connectivity index (χ4v) is 5.78. The quantitative estimate of drug-likeness (QED) is 0.159. The zero-order valence-corrected chi connectivity index (χ0v) is 24.9. The van der Waals surface area contributed by atoms with Crippen molar-refractivity contribution in [2.75, 3.05) is 6.61 Å². The van der Waals surface area contributed by atoms with Crippen LogP contribution in [0.2, 0.25) is 0 Å². The maximum Gasteiger partial charge on any atom is 0.378 e. The van der Waals surface area contributed by atoms with Crippen LogP contribution in [-0.4, -0.2) is 35.9 Å². The standard InChI is InChI=1S/C35H46O7/c1-2-3-4-7-12-26-17-19-27(20-18-26)21-22-31(37)39-25-30(36)32-33(40-23-28-13-8-5-9-14-28)34(35(38)42-32)41-24-29-15-10-6-11-16-29/h5-6,8-11,13-16,26-27,30,32,36H,2-4,7,12,17-25H2,1H3/t26?,27?,30-,32+/m0/s1. The van der Waals surface area contributed by atoms with Crippen LogP contribution in [0.15, 0.2) is 72.2 Å². The van der Waals surface area contributed by atoms with Crippen molar-refractivity contribution in [3.05, 3.63) is 83.3 Å². The van der Waals surface area contributed by atoms with Gasteiger partial charge < -0.3 is 24.1 Å². The normalized spacial score (nSPS) is 21.1. The van der Waals surface area contributed by atoms with Crippen LogP contribution in [0.5, 0.6) is 0 Å². The first-order valence-corrected chi connectivity index (χ1v) is 15.7. The van der Waals surface area contributed by atoms with E-state index in [0.717, 1.165) is 23.5 Å². The molecule has 2 aliphatic rings. The summed E-state index contributed by atoms with van der Waals surface area (Å²) in [6, 6.07) is 18.9. The lowest BCUT2D eigenvalue weighted by molar-refractivity contribution is -0.155. The number of hydrogen-bond donors (Lipinski definition) is 1. The Labute approximate surface area is 250 Å². The molecule has 7 nitrogen and oxygen atoms in total. The lowest BCUT2D eigenvalue weighted by Gasteiger charge is -2.28. The summed E-state index contributed by atoms with van der Waals surface area (Å²) in [5, 5.41) is 10.9. The highest BCUT2D eigenvalue weighted by Gasteiger charge is 2.42. The molecule has 228 valence electrons. The zero-order chi connectivity index (χ0) is 29.6. The summed E-state index contributed by atoms with van der Waals surface area (Å²) in [4.78, 5) is 25.3. The third kappa shape index (κ3) is 9.90. The summed E-state index contributed by atoms with van der Waals surface area (Å²) in [6.45, 7) is 2.25. The largest absolute Gasteiger partial charge is 0.485 e. The molecule has 1 aliphatic heterocycles. The molecule has 0 aromatic heterocycles. The monoisotopic (exact) mass is 578 g/mol. The van der Waals surface area contributed by atoms with Gasteiger partial charge in [-0.2, -0.15) is 0 Å². The molecular weight excluding hydrogens is 532 g/mol. The van der Waals surface area contributed by atoms with Crippen molar-refractivity contribution in [3.63, 3.8) is 0 Å². The van der Waals surface area contributed by atoms with Gasteiger partial charge in [0.1, 0.15) is 25.9 Å². The van der Waals surface area contributed by atoms with Gasteiger partial charge in [-0.3, -0.25) is 4.79 Å². The van der Waals surface area contributed by atoms with E-state index in [9.17, 15) is 14.7 Å². The Morgan fingerprint density at radius 1 is 0.857 bits per heavy atom. The Balaban J connectivity index is 1.26. The molecule has 42 heavy (non-hydrogen) atoms. The molecule has 1 fully saturated rings. The van der Waals surface area contributed by atoms with Gasteiger partial charge in [0.2, 0.25) is 5.76 Å². The molecule has 1 saturated carbocycles. The van der Waals surface area contributed by atoms with E-state index < -0.39 is 18.2 Å². The van der Waals surface area contributed by atoms with Gasteiger partial charge in [0.05, 0.1) is 0 Å². The van der Waals surface area contributed by atoms with Gasteiger partial charge in [-0.25, -0.2) is 4.79 Å². The number of aliphatic hydroxyl groups is 1. The van der Waals surface area contributed by atoms with Crippen molar-refractivity contribution in [2.24, 2.45) is 11.8 Å². The van der Waals surface area contributed by atoms with Crippen LogP contribution in [0.3, 0.4) is 0 Å². The van der Waals surface area contributed by atoms with Gasteiger partial charge in [0.25, 0.3) is 0 Å². The van der Waals surface area contributed by atoms with Crippen LogP contribution in [-0.2, 0) is 41.8 Å². The molecule has 0 saturated heterocycles. The Morgan fingerprint density at radius 2 is 1.45 bits per heavy atom. The van der Waals surface area contributed by atoms with Gasteiger partial charge in [-0.15, -0.1) is 0 Å². The smallest absolute Gasteiger partial charge is 0.378 e.